The van der Waals surface area contributed by atoms with Gasteiger partial charge in [0, 0.05) is 12.2 Å². The molecule has 3 heteroatoms. The third-order valence-electron chi connectivity index (χ3n) is 3.25. The second-order valence-electron chi connectivity index (χ2n) is 5.08. The van der Waals surface area contributed by atoms with Gasteiger partial charge in [-0.3, -0.25) is 0 Å². The molecule has 0 amide bonds. The molecule has 1 unspecified atom stereocenters. The van der Waals surface area contributed by atoms with Gasteiger partial charge in [0.2, 0.25) is 0 Å². The first kappa shape index (κ1) is 13.9. The van der Waals surface area contributed by atoms with Crippen LogP contribution in [-0.2, 0) is 0 Å². The number of nitrogens with zero attached hydrogens (tertiary/aromatic N) is 1. The predicted molar refractivity (Wildman–Crippen MR) is 81.9 cm³/mol. The van der Waals surface area contributed by atoms with Gasteiger partial charge in [-0.15, -0.1) is 0 Å². The standard InChI is InChI=1S/C16H19ClN2/c1-10-5-6-12(3)14(7-10)13(4)19-15-8-11(2)9-18-16(15)17/h5-9,13,19H,1-4H3. The second-order valence-corrected chi connectivity index (χ2v) is 5.44. The highest BCUT2D eigenvalue weighted by Gasteiger charge is 2.11. The summed E-state index contributed by atoms with van der Waals surface area (Å²) in [4.78, 5) is 4.17. The summed E-state index contributed by atoms with van der Waals surface area (Å²) in [5, 5.41) is 3.96. The lowest BCUT2D eigenvalue weighted by molar-refractivity contribution is 0.870. The molecule has 1 aromatic carbocycles. The molecule has 1 atom stereocenters. The minimum Gasteiger partial charge on any atom is -0.376 e. The third-order valence-corrected chi connectivity index (χ3v) is 3.55. The van der Waals surface area contributed by atoms with Crippen LogP contribution in [0, 0.1) is 20.8 Å². The third kappa shape index (κ3) is 3.27. The van der Waals surface area contributed by atoms with E-state index in [4.69, 9.17) is 11.6 Å². The van der Waals surface area contributed by atoms with Gasteiger partial charge in [0.05, 0.1) is 5.69 Å². The molecule has 2 nitrogen and oxygen atoms in total. The van der Waals surface area contributed by atoms with Crippen molar-refractivity contribution in [2.45, 2.75) is 33.7 Å². The van der Waals surface area contributed by atoms with Crippen LogP contribution in [0.3, 0.4) is 0 Å². The zero-order chi connectivity index (χ0) is 14.0. The van der Waals surface area contributed by atoms with Gasteiger partial charge >= 0.3 is 0 Å². The first-order chi connectivity index (χ1) is 8.97. The van der Waals surface area contributed by atoms with Gasteiger partial charge in [-0.2, -0.15) is 0 Å². The van der Waals surface area contributed by atoms with E-state index in [9.17, 15) is 0 Å². The summed E-state index contributed by atoms with van der Waals surface area (Å²) >= 11 is 6.13. The molecule has 0 saturated carbocycles. The van der Waals surface area contributed by atoms with E-state index in [2.05, 4.69) is 49.3 Å². The van der Waals surface area contributed by atoms with Crippen LogP contribution in [0.4, 0.5) is 5.69 Å². The predicted octanol–water partition coefficient (Wildman–Crippen LogP) is 4.83. The van der Waals surface area contributed by atoms with Crippen molar-refractivity contribution in [3.05, 3.63) is 57.9 Å². The minimum absolute atomic E-state index is 0.195. The molecule has 0 bridgehead atoms. The summed E-state index contributed by atoms with van der Waals surface area (Å²) in [7, 11) is 0. The Morgan fingerprint density at radius 2 is 1.84 bits per heavy atom. The van der Waals surface area contributed by atoms with Crippen LogP contribution in [-0.4, -0.2) is 4.98 Å². The smallest absolute Gasteiger partial charge is 0.152 e. The van der Waals surface area contributed by atoms with Crippen molar-refractivity contribution in [1.29, 1.82) is 0 Å². The monoisotopic (exact) mass is 274 g/mol. The highest BCUT2D eigenvalue weighted by molar-refractivity contribution is 6.31. The van der Waals surface area contributed by atoms with Crippen LogP contribution in [0.2, 0.25) is 5.15 Å². The Hall–Kier alpha value is -1.54. The number of pyridine rings is 1. The molecule has 0 fully saturated rings. The Labute approximate surface area is 119 Å². The Bertz CT molecular complexity index is 593. The summed E-state index contributed by atoms with van der Waals surface area (Å²) < 4.78 is 0. The molecule has 0 aliphatic carbocycles. The van der Waals surface area contributed by atoms with E-state index < -0.39 is 0 Å². The Morgan fingerprint density at radius 1 is 1.11 bits per heavy atom. The molecular formula is C16H19ClN2. The number of hydrogen-bond acceptors (Lipinski definition) is 2. The molecule has 1 heterocycles. The number of rotatable bonds is 3. The lowest BCUT2D eigenvalue weighted by Gasteiger charge is -2.19. The maximum absolute atomic E-state index is 6.13. The number of hydrogen-bond donors (Lipinski definition) is 1. The van der Waals surface area contributed by atoms with Crippen LogP contribution in [0.15, 0.2) is 30.5 Å². The number of nitrogens with one attached hydrogen (secondary N) is 1. The molecule has 0 saturated heterocycles. The highest BCUT2D eigenvalue weighted by Crippen LogP contribution is 2.27. The van der Waals surface area contributed by atoms with E-state index in [-0.39, 0.29) is 6.04 Å². The van der Waals surface area contributed by atoms with Crippen molar-refractivity contribution in [1.82, 2.24) is 4.98 Å². The molecule has 2 aromatic rings. The maximum Gasteiger partial charge on any atom is 0.152 e. The summed E-state index contributed by atoms with van der Waals surface area (Å²) in [5.74, 6) is 0. The summed E-state index contributed by atoms with van der Waals surface area (Å²) in [6, 6.07) is 8.72. The number of aryl methyl sites for hydroxylation is 3. The fraction of sp³-hybridized carbons (Fsp3) is 0.312. The van der Waals surface area contributed by atoms with E-state index in [1.807, 2.05) is 13.0 Å². The lowest BCUT2D eigenvalue weighted by atomic mass is 10.00. The van der Waals surface area contributed by atoms with Crippen LogP contribution in [0.1, 0.15) is 35.2 Å². The van der Waals surface area contributed by atoms with Gasteiger partial charge in [-0.1, -0.05) is 35.4 Å². The normalized spacial score (nSPS) is 12.3. The van der Waals surface area contributed by atoms with Gasteiger partial charge in [0.25, 0.3) is 0 Å². The van der Waals surface area contributed by atoms with Crippen molar-refractivity contribution in [2.24, 2.45) is 0 Å². The van der Waals surface area contributed by atoms with Crippen LogP contribution >= 0.6 is 11.6 Å². The van der Waals surface area contributed by atoms with Crippen molar-refractivity contribution in [2.75, 3.05) is 5.32 Å². The average molecular weight is 275 g/mol. The van der Waals surface area contributed by atoms with Gasteiger partial charge in [-0.05, 0) is 50.5 Å². The fourth-order valence-corrected chi connectivity index (χ4v) is 2.35. The lowest BCUT2D eigenvalue weighted by Crippen LogP contribution is -2.09. The first-order valence-corrected chi connectivity index (χ1v) is 6.81. The molecule has 0 aliphatic heterocycles. The molecule has 0 aliphatic rings. The zero-order valence-corrected chi connectivity index (χ0v) is 12.5. The zero-order valence-electron chi connectivity index (χ0n) is 11.8. The van der Waals surface area contributed by atoms with Crippen molar-refractivity contribution in [3.63, 3.8) is 0 Å². The van der Waals surface area contributed by atoms with Gasteiger partial charge in [-0.25, -0.2) is 4.98 Å². The Kier molecular flexibility index (Phi) is 4.11. The van der Waals surface area contributed by atoms with Crippen LogP contribution < -0.4 is 5.32 Å². The molecule has 0 spiro atoms. The number of anilines is 1. The quantitative estimate of drug-likeness (QED) is 0.811. The van der Waals surface area contributed by atoms with Crippen LogP contribution in [0.5, 0.6) is 0 Å². The van der Waals surface area contributed by atoms with Gasteiger partial charge in [0.1, 0.15) is 0 Å². The van der Waals surface area contributed by atoms with E-state index in [1.54, 1.807) is 6.20 Å². The fourth-order valence-electron chi connectivity index (χ4n) is 2.19. The van der Waals surface area contributed by atoms with Crippen LogP contribution in [0.25, 0.3) is 0 Å². The summed E-state index contributed by atoms with van der Waals surface area (Å²) in [6.45, 7) is 8.39. The number of aromatic nitrogens is 1. The Morgan fingerprint density at radius 3 is 2.58 bits per heavy atom. The SMILES string of the molecule is Cc1cnc(Cl)c(NC(C)c2cc(C)ccc2C)c1. The highest BCUT2D eigenvalue weighted by atomic mass is 35.5. The number of benzene rings is 1. The van der Waals surface area contributed by atoms with Gasteiger partial charge in [0.15, 0.2) is 5.15 Å². The topological polar surface area (TPSA) is 24.9 Å². The molecule has 100 valence electrons. The van der Waals surface area contributed by atoms with Crippen molar-refractivity contribution < 1.29 is 0 Å². The molecule has 1 N–H and O–H groups in total. The largest absolute Gasteiger partial charge is 0.376 e. The van der Waals surface area contributed by atoms with E-state index in [0.29, 0.717) is 5.15 Å². The Balaban J connectivity index is 2.27. The molecule has 19 heavy (non-hydrogen) atoms. The summed E-state index contributed by atoms with van der Waals surface area (Å²) in [6.07, 6.45) is 1.77. The molecule has 2 rings (SSSR count). The van der Waals surface area contributed by atoms with E-state index in [1.165, 1.54) is 16.7 Å². The second kappa shape index (κ2) is 5.62. The maximum atomic E-state index is 6.13. The molecule has 1 aromatic heterocycles. The summed E-state index contributed by atoms with van der Waals surface area (Å²) in [5.41, 5.74) is 5.82. The first-order valence-electron chi connectivity index (χ1n) is 6.43. The number of halogens is 1. The minimum atomic E-state index is 0.195. The average Bonchev–Trinajstić information content (AvgIpc) is 2.36. The van der Waals surface area contributed by atoms with Crippen molar-refractivity contribution in [3.8, 4) is 0 Å². The van der Waals surface area contributed by atoms with E-state index >= 15 is 0 Å². The van der Waals surface area contributed by atoms with Gasteiger partial charge < -0.3 is 5.32 Å². The van der Waals surface area contributed by atoms with Crippen molar-refractivity contribution >= 4 is 17.3 Å². The van der Waals surface area contributed by atoms with E-state index in [0.717, 1.165) is 11.3 Å². The molecule has 0 radical (unpaired) electrons. The molecular weight excluding hydrogens is 256 g/mol.